The second-order valence-corrected chi connectivity index (χ2v) is 10.6. The molecule has 0 heterocycles. The van der Waals surface area contributed by atoms with E-state index >= 15 is 0 Å². The molecule has 2 unspecified atom stereocenters. The number of nitrogens with one attached hydrogen (secondary N) is 1. The molecule has 0 radical (unpaired) electrons. The fraction of sp³-hybridized carbons (Fsp3) is 0.478. The molecule has 2 aliphatic carbocycles. The molecule has 31 heavy (non-hydrogen) atoms. The molecule has 2 aliphatic rings. The summed E-state index contributed by atoms with van der Waals surface area (Å²) in [5.74, 6) is 0.0241. The van der Waals surface area contributed by atoms with Crippen LogP contribution in [0.3, 0.4) is 0 Å². The third kappa shape index (κ3) is 4.96. The van der Waals surface area contributed by atoms with Crippen LogP contribution in [0.15, 0.2) is 42.5 Å². The molecule has 2 atom stereocenters. The van der Waals surface area contributed by atoms with Crippen molar-refractivity contribution in [1.29, 1.82) is 0 Å². The maximum Gasteiger partial charge on any atom is 0.416 e. The third-order valence-corrected chi connectivity index (χ3v) is 7.61. The standard InChI is InChI=1S/C23H27F3N2O2S/c1-27-22-13-17-7-6-16(14-28(19-8-9-19)31(2,29)30)12-20(17)21(22)11-15-4-3-5-18(10-15)23(24,25)26/h3-7,10,12,19,21-22,27H,8-9,11,13-14H2,1-2H3. The van der Waals surface area contributed by atoms with E-state index in [-0.39, 0.29) is 18.0 Å². The summed E-state index contributed by atoms with van der Waals surface area (Å²) in [7, 11) is -1.43. The number of sulfonamides is 1. The number of rotatable bonds is 7. The number of benzene rings is 2. The Bertz CT molecular complexity index is 1060. The van der Waals surface area contributed by atoms with Crippen molar-refractivity contribution in [2.75, 3.05) is 13.3 Å². The van der Waals surface area contributed by atoms with E-state index in [9.17, 15) is 21.6 Å². The van der Waals surface area contributed by atoms with Crippen molar-refractivity contribution in [3.05, 3.63) is 70.3 Å². The van der Waals surface area contributed by atoms with Gasteiger partial charge in [0, 0.05) is 24.5 Å². The summed E-state index contributed by atoms with van der Waals surface area (Å²) in [5, 5.41) is 3.31. The van der Waals surface area contributed by atoms with Gasteiger partial charge < -0.3 is 5.32 Å². The fourth-order valence-electron chi connectivity index (χ4n) is 4.61. The average Bonchev–Trinajstić information content (AvgIpc) is 3.47. The van der Waals surface area contributed by atoms with Crippen LogP contribution in [-0.4, -0.2) is 38.1 Å². The topological polar surface area (TPSA) is 49.4 Å². The normalized spacial score (nSPS) is 21.5. The van der Waals surface area contributed by atoms with Crippen molar-refractivity contribution >= 4 is 10.0 Å². The molecule has 0 spiro atoms. The Balaban J connectivity index is 1.61. The predicted octanol–water partition coefficient (Wildman–Crippen LogP) is 4.10. The Kier molecular flexibility index (Phi) is 5.91. The van der Waals surface area contributed by atoms with Crippen LogP contribution >= 0.6 is 0 Å². The molecule has 1 saturated carbocycles. The molecule has 8 heteroatoms. The minimum Gasteiger partial charge on any atom is -0.316 e. The molecule has 0 aliphatic heterocycles. The first-order valence-corrected chi connectivity index (χ1v) is 12.3. The summed E-state index contributed by atoms with van der Waals surface area (Å²) in [4.78, 5) is 0. The highest BCUT2D eigenvalue weighted by atomic mass is 32.2. The van der Waals surface area contributed by atoms with Gasteiger partial charge in [0.2, 0.25) is 10.0 Å². The molecule has 1 N–H and O–H groups in total. The van der Waals surface area contributed by atoms with Crippen LogP contribution < -0.4 is 5.32 Å². The molecule has 0 bridgehead atoms. The van der Waals surface area contributed by atoms with Crippen molar-refractivity contribution in [3.63, 3.8) is 0 Å². The lowest BCUT2D eigenvalue weighted by atomic mass is 9.89. The van der Waals surface area contributed by atoms with Gasteiger partial charge in [-0.1, -0.05) is 36.4 Å². The number of nitrogens with zero attached hydrogens (tertiary/aromatic N) is 1. The average molecular weight is 453 g/mol. The zero-order chi connectivity index (χ0) is 22.4. The van der Waals surface area contributed by atoms with Crippen LogP contribution in [0.5, 0.6) is 0 Å². The second kappa shape index (κ2) is 8.22. The van der Waals surface area contributed by atoms with Crippen LogP contribution in [0.2, 0.25) is 0 Å². The van der Waals surface area contributed by atoms with E-state index in [2.05, 4.69) is 5.32 Å². The number of fused-ring (bicyclic) bond motifs is 1. The molecule has 4 nitrogen and oxygen atoms in total. The van der Waals surface area contributed by atoms with Crippen LogP contribution in [0.25, 0.3) is 0 Å². The van der Waals surface area contributed by atoms with E-state index in [1.807, 2.05) is 25.2 Å². The zero-order valence-corrected chi connectivity index (χ0v) is 18.4. The second-order valence-electron chi connectivity index (χ2n) is 8.68. The van der Waals surface area contributed by atoms with E-state index in [1.54, 1.807) is 10.4 Å². The van der Waals surface area contributed by atoms with Gasteiger partial charge in [0.1, 0.15) is 0 Å². The Morgan fingerprint density at radius 3 is 2.45 bits per heavy atom. The van der Waals surface area contributed by atoms with E-state index in [4.69, 9.17) is 0 Å². The molecule has 4 rings (SSSR count). The number of likely N-dealkylation sites (N-methyl/N-ethyl adjacent to an activating group) is 1. The van der Waals surface area contributed by atoms with E-state index < -0.39 is 21.8 Å². The Morgan fingerprint density at radius 1 is 1.10 bits per heavy atom. The molecular formula is C23H27F3N2O2S. The third-order valence-electron chi connectivity index (χ3n) is 6.33. The lowest BCUT2D eigenvalue weighted by Gasteiger charge is -2.22. The van der Waals surface area contributed by atoms with Gasteiger partial charge >= 0.3 is 6.18 Å². The van der Waals surface area contributed by atoms with Gasteiger partial charge in [-0.25, -0.2) is 8.42 Å². The lowest BCUT2D eigenvalue weighted by molar-refractivity contribution is -0.137. The molecule has 168 valence electrons. The summed E-state index contributed by atoms with van der Waals surface area (Å²) in [6, 6.07) is 11.8. The monoisotopic (exact) mass is 452 g/mol. The lowest BCUT2D eigenvalue weighted by Crippen LogP contribution is -2.31. The smallest absolute Gasteiger partial charge is 0.316 e. The zero-order valence-electron chi connectivity index (χ0n) is 17.6. The van der Waals surface area contributed by atoms with E-state index in [0.29, 0.717) is 18.5 Å². The molecule has 2 aromatic carbocycles. The quantitative estimate of drug-likeness (QED) is 0.688. The Labute approximate surface area is 181 Å². The molecular weight excluding hydrogens is 425 g/mol. The largest absolute Gasteiger partial charge is 0.416 e. The van der Waals surface area contributed by atoms with E-state index in [0.717, 1.165) is 42.0 Å². The summed E-state index contributed by atoms with van der Waals surface area (Å²) in [6.07, 6.45) is -0.0578. The van der Waals surface area contributed by atoms with Crippen molar-refractivity contribution in [1.82, 2.24) is 9.62 Å². The number of hydrogen-bond donors (Lipinski definition) is 1. The highest BCUT2D eigenvalue weighted by molar-refractivity contribution is 7.88. The van der Waals surface area contributed by atoms with Crippen molar-refractivity contribution in [2.45, 2.75) is 56.4 Å². The molecule has 0 saturated heterocycles. The summed E-state index contributed by atoms with van der Waals surface area (Å²) in [5.41, 5.74) is 3.19. The minimum absolute atomic E-state index is 0.0241. The summed E-state index contributed by atoms with van der Waals surface area (Å²) >= 11 is 0. The van der Waals surface area contributed by atoms with Crippen LogP contribution in [0.4, 0.5) is 13.2 Å². The predicted molar refractivity (Wildman–Crippen MR) is 114 cm³/mol. The highest BCUT2D eigenvalue weighted by Crippen LogP contribution is 2.38. The first-order chi connectivity index (χ1) is 14.6. The molecule has 0 amide bonds. The Hall–Kier alpha value is -1.90. The van der Waals surface area contributed by atoms with Gasteiger partial charge in [-0.2, -0.15) is 17.5 Å². The van der Waals surface area contributed by atoms with Crippen molar-refractivity contribution in [3.8, 4) is 0 Å². The first-order valence-electron chi connectivity index (χ1n) is 10.5. The summed E-state index contributed by atoms with van der Waals surface area (Å²) < 4.78 is 65.4. The van der Waals surface area contributed by atoms with Crippen LogP contribution in [0.1, 0.15) is 46.6 Å². The van der Waals surface area contributed by atoms with Crippen molar-refractivity contribution < 1.29 is 21.6 Å². The number of alkyl halides is 3. The van der Waals surface area contributed by atoms with Gasteiger partial charge in [-0.05, 0) is 61.1 Å². The molecule has 1 fully saturated rings. The van der Waals surface area contributed by atoms with Crippen molar-refractivity contribution in [2.24, 2.45) is 0 Å². The maximum absolute atomic E-state index is 13.1. The van der Waals surface area contributed by atoms with Gasteiger partial charge in [-0.15, -0.1) is 0 Å². The number of halogens is 3. The SMILES string of the molecule is CNC1Cc2ccc(CN(C3CC3)S(C)(=O)=O)cc2C1Cc1cccc(C(F)(F)F)c1. The molecule has 0 aromatic heterocycles. The van der Waals surface area contributed by atoms with Gasteiger partial charge in [-0.3, -0.25) is 0 Å². The summed E-state index contributed by atoms with van der Waals surface area (Å²) in [6.45, 7) is 0.331. The Morgan fingerprint density at radius 2 is 1.84 bits per heavy atom. The van der Waals surface area contributed by atoms with Gasteiger partial charge in [0.25, 0.3) is 0 Å². The number of hydrogen-bond acceptors (Lipinski definition) is 3. The first kappa shape index (κ1) is 22.3. The van der Waals surface area contributed by atoms with Gasteiger partial charge in [0.05, 0.1) is 11.8 Å². The molecule has 2 aromatic rings. The van der Waals surface area contributed by atoms with Gasteiger partial charge in [0.15, 0.2) is 0 Å². The maximum atomic E-state index is 13.1. The van der Waals surface area contributed by atoms with Crippen LogP contribution in [-0.2, 0) is 35.6 Å². The fourth-order valence-corrected chi connectivity index (χ4v) is 5.75. The van der Waals surface area contributed by atoms with Crippen LogP contribution in [0, 0.1) is 0 Å². The highest BCUT2D eigenvalue weighted by Gasteiger charge is 2.36. The minimum atomic E-state index is -4.36. The van der Waals surface area contributed by atoms with E-state index in [1.165, 1.54) is 18.4 Å².